The first-order chi connectivity index (χ1) is 13.0. The minimum absolute atomic E-state index is 0.0202. The highest BCUT2D eigenvalue weighted by atomic mass is 32.2. The molecule has 0 aliphatic rings. The van der Waals surface area contributed by atoms with Crippen molar-refractivity contribution >= 4 is 20.9 Å². The molecule has 1 N–H and O–H groups in total. The molecule has 1 aromatic heterocycles. The van der Waals surface area contributed by atoms with Crippen molar-refractivity contribution in [1.82, 2.24) is 9.71 Å². The number of nitrogens with zero attached hydrogens (tertiary/aromatic N) is 1. The predicted molar refractivity (Wildman–Crippen MR) is 106 cm³/mol. The van der Waals surface area contributed by atoms with Gasteiger partial charge in [0.15, 0.2) is 0 Å². The normalized spacial score (nSPS) is 11.0. The molecule has 0 unspecified atom stereocenters. The quantitative estimate of drug-likeness (QED) is 0.690. The maximum atomic E-state index is 12.3. The van der Waals surface area contributed by atoms with Gasteiger partial charge >= 0.3 is 0 Å². The zero-order valence-corrected chi connectivity index (χ0v) is 16.0. The predicted octanol–water partition coefficient (Wildman–Crippen LogP) is 3.21. The fourth-order valence-corrected chi connectivity index (χ4v) is 3.52. The van der Waals surface area contributed by atoms with Crippen LogP contribution in [0.2, 0.25) is 0 Å². The van der Waals surface area contributed by atoms with Crippen LogP contribution in [0.1, 0.15) is 11.1 Å². The zero-order valence-electron chi connectivity index (χ0n) is 15.2. The van der Waals surface area contributed by atoms with Gasteiger partial charge in [0.1, 0.15) is 17.9 Å². The summed E-state index contributed by atoms with van der Waals surface area (Å²) >= 11 is 0. The van der Waals surface area contributed by atoms with Crippen molar-refractivity contribution in [2.45, 2.75) is 18.7 Å². The molecule has 5 nitrogen and oxygen atoms in total. The van der Waals surface area contributed by atoms with Gasteiger partial charge in [-0.1, -0.05) is 36.1 Å². The molecule has 27 heavy (non-hydrogen) atoms. The van der Waals surface area contributed by atoms with Gasteiger partial charge in [0.25, 0.3) is 0 Å². The molecule has 0 bridgehead atoms. The van der Waals surface area contributed by atoms with Crippen LogP contribution in [0.15, 0.2) is 59.6 Å². The van der Waals surface area contributed by atoms with Crippen molar-refractivity contribution in [3.8, 4) is 17.6 Å². The number of hydrogen-bond acceptors (Lipinski definition) is 4. The maximum absolute atomic E-state index is 12.3. The van der Waals surface area contributed by atoms with Crippen LogP contribution in [0.25, 0.3) is 10.9 Å². The standard InChI is InChI=1S/C21H20N2O3S/c1-16-10-11-19(15-17(16)2)27(24,25)23-13-3-4-14-26-20-9-5-7-18-8-6-12-22-21(18)20/h5-12,15,23H,13-14H2,1-2H3. The van der Waals surface area contributed by atoms with Gasteiger partial charge in [0, 0.05) is 11.6 Å². The molecular weight excluding hydrogens is 360 g/mol. The van der Waals surface area contributed by atoms with E-state index in [4.69, 9.17) is 4.74 Å². The molecule has 1 heterocycles. The zero-order chi connectivity index (χ0) is 19.3. The lowest BCUT2D eigenvalue weighted by Crippen LogP contribution is -2.24. The van der Waals surface area contributed by atoms with E-state index in [0.29, 0.717) is 5.75 Å². The smallest absolute Gasteiger partial charge is 0.241 e. The van der Waals surface area contributed by atoms with Crippen LogP contribution < -0.4 is 9.46 Å². The van der Waals surface area contributed by atoms with E-state index < -0.39 is 10.0 Å². The lowest BCUT2D eigenvalue weighted by Gasteiger charge is -2.06. The molecule has 3 rings (SSSR count). The molecule has 3 aromatic rings. The molecule has 0 aliphatic heterocycles. The van der Waals surface area contributed by atoms with Gasteiger partial charge < -0.3 is 4.74 Å². The van der Waals surface area contributed by atoms with Crippen LogP contribution in [-0.4, -0.2) is 26.6 Å². The minimum atomic E-state index is -3.57. The molecule has 138 valence electrons. The van der Waals surface area contributed by atoms with Crippen LogP contribution in [0.4, 0.5) is 0 Å². The van der Waals surface area contributed by atoms with E-state index in [9.17, 15) is 8.42 Å². The summed E-state index contributed by atoms with van der Waals surface area (Å²) in [6, 6.07) is 14.6. The second-order valence-electron chi connectivity index (χ2n) is 6.04. The Bertz CT molecular complexity index is 1120. The average molecular weight is 380 g/mol. The number of aromatic nitrogens is 1. The first-order valence-corrected chi connectivity index (χ1v) is 9.95. The van der Waals surface area contributed by atoms with Gasteiger partial charge in [0.2, 0.25) is 10.0 Å². The fourth-order valence-electron chi connectivity index (χ4n) is 2.52. The summed E-state index contributed by atoms with van der Waals surface area (Å²) in [5, 5.41) is 0.990. The molecule has 0 aliphatic carbocycles. The molecule has 0 saturated heterocycles. The Morgan fingerprint density at radius 1 is 1.04 bits per heavy atom. The monoisotopic (exact) mass is 380 g/mol. The number of aryl methyl sites for hydroxylation is 2. The molecule has 0 spiro atoms. The molecule has 0 amide bonds. The molecule has 0 saturated carbocycles. The first kappa shape index (κ1) is 18.9. The molecule has 0 radical (unpaired) electrons. The van der Waals surface area contributed by atoms with Gasteiger partial charge in [0.05, 0.1) is 11.4 Å². The van der Waals surface area contributed by atoms with E-state index in [-0.39, 0.29) is 18.0 Å². The van der Waals surface area contributed by atoms with Crippen molar-refractivity contribution in [2.24, 2.45) is 0 Å². The van der Waals surface area contributed by atoms with Crippen LogP contribution in [0.5, 0.6) is 5.75 Å². The summed E-state index contributed by atoms with van der Waals surface area (Å²) in [5.74, 6) is 6.24. The van der Waals surface area contributed by atoms with E-state index in [1.54, 1.807) is 24.4 Å². The molecule has 0 atom stereocenters. The van der Waals surface area contributed by atoms with Gasteiger partial charge in [-0.15, -0.1) is 0 Å². The molecular formula is C21H20N2O3S. The number of hydrogen-bond donors (Lipinski definition) is 1. The number of sulfonamides is 1. The second-order valence-corrected chi connectivity index (χ2v) is 7.81. The van der Waals surface area contributed by atoms with E-state index in [1.807, 2.05) is 44.2 Å². The summed E-state index contributed by atoms with van der Waals surface area (Å²) in [6.45, 7) is 4.00. The Kier molecular flexibility index (Phi) is 5.75. The highest BCUT2D eigenvalue weighted by molar-refractivity contribution is 7.89. The summed E-state index contributed by atoms with van der Waals surface area (Å²) < 4.78 is 32.7. The lowest BCUT2D eigenvalue weighted by molar-refractivity contribution is 0.374. The van der Waals surface area contributed by atoms with Crippen molar-refractivity contribution < 1.29 is 13.2 Å². The van der Waals surface area contributed by atoms with E-state index in [0.717, 1.165) is 22.0 Å². The van der Waals surface area contributed by atoms with Crippen molar-refractivity contribution in [3.63, 3.8) is 0 Å². The first-order valence-electron chi connectivity index (χ1n) is 8.46. The third-order valence-electron chi connectivity index (χ3n) is 4.16. The highest BCUT2D eigenvalue weighted by Gasteiger charge is 2.13. The van der Waals surface area contributed by atoms with Crippen LogP contribution >= 0.6 is 0 Å². The summed E-state index contributed by atoms with van der Waals surface area (Å²) in [7, 11) is -3.57. The van der Waals surface area contributed by atoms with Gasteiger partial charge in [-0.25, -0.2) is 8.42 Å². The van der Waals surface area contributed by atoms with E-state index in [1.165, 1.54) is 0 Å². The maximum Gasteiger partial charge on any atom is 0.241 e. The third kappa shape index (κ3) is 4.64. The summed E-state index contributed by atoms with van der Waals surface area (Å²) in [5.41, 5.74) is 2.76. The van der Waals surface area contributed by atoms with Gasteiger partial charge in [-0.05, 0) is 49.2 Å². The Morgan fingerprint density at radius 3 is 2.67 bits per heavy atom. The average Bonchev–Trinajstić information content (AvgIpc) is 2.66. The number of fused-ring (bicyclic) bond motifs is 1. The topological polar surface area (TPSA) is 68.3 Å². The van der Waals surface area contributed by atoms with Gasteiger partial charge in [-0.3, -0.25) is 4.98 Å². The van der Waals surface area contributed by atoms with Crippen LogP contribution in [0.3, 0.4) is 0 Å². The summed E-state index contributed by atoms with van der Waals surface area (Å²) in [4.78, 5) is 4.55. The lowest BCUT2D eigenvalue weighted by atomic mass is 10.1. The number of nitrogens with one attached hydrogen (secondary N) is 1. The number of rotatable bonds is 5. The Balaban J connectivity index is 1.57. The third-order valence-corrected chi connectivity index (χ3v) is 5.56. The Labute approximate surface area is 159 Å². The van der Waals surface area contributed by atoms with Crippen molar-refractivity contribution in [3.05, 3.63) is 65.9 Å². The van der Waals surface area contributed by atoms with Crippen molar-refractivity contribution in [1.29, 1.82) is 0 Å². The number of benzene rings is 2. The SMILES string of the molecule is Cc1ccc(S(=O)(=O)NCC#CCOc2cccc3cccnc23)cc1C. The molecule has 6 heteroatoms. The Morgan fingerprint density at radius 2 is 1.85 bits per heavy atom. The van der Waals surface area contributed by atoms with Gasteiger partial charge in [-0.2, -0.15) is 4.72 Å². The number of pyridine rings is 1. The van der Waals surface area contributed by atoms with E-state index >= 15 is 0 Å². The highest BCUT2D eigenvalue weighted by Crippen LogP contribution is 2.22. The van der Waals surface area contributed by atoms with Crippen molar-refractivity contribution in [2.75, 3.05) is 13.2 Å². The van der Waals surface area contributed by atoms with Crippen LogP contribution in [0, 0.1) is 25.7 Å². The van der Waals surface area contributed by atoms with Crippen LogP contribution in [-0.2, 0) is 10.0 Å². The molecule has 2 aromatic carbocycles. The number of ether oxygens (including phenoxy) is 1. The Hall–Kier alpha value is -2.88. The minimum Gasteiger partial charge on any atom is -0.479 e. The fraction of sp³-hybridized carbons (Fsp3) is 0.190. The molecule has 0 fully saturated rings. The summed E-state index contributed by atoms with van der Waals surface area (Å²) in [6.07, 6.45) is 1.71. The van der Waals surface area contributed by atoms with E-state index in [2.05, 4.69) is 21.5 Å². The largest absolute Gasteiger partial charge is 0.479 e. The number of para-hydroxylation sites is 1. The second kappa shape index (κ2) is 8.21.